The third kappa shape index (κ3) is 2.97. The topological polar surface area (TPSA) is 35.9 Å². The van der Waals surface area contributed by atoms with Crippen molar-refractivity contribution in [1.29, 1.82) is 0 Å². The van der Waals surface area contributed by atoms with E-state index in [0.717, 1.165) is 42.3 Å². The van der Waals surface area contributed by atoms with E-state index in [0.29, 0.717) is 4.91 Å². The molecule has 0 saturated carbocycles. The third-order valence-corrected chi connectivity index (χ3v) is 5.54. The Morgan fingerprint density at radius 2 is 1.79 bits per heavy atom. The van der Waals surface area contributed by atoms with E-state index in [2.05, 4.69) is 46.1 Å². The smallest absolute Gasteiger partial charge is 0.286 e. The molecule has 0 aliphatic carbocycles. The van der Waals surface area contributed by atoms with Gasteiger partial charge in [-0.15, -0.1) is 0 Å². The predicted molar refractivity (Wildman–Crippen MR) is 101 cm³/mol. The van der Waals surface area contributed by atoms with Crippen molar-refractivity contribution in [3.63, 3.8) is 0 Å². The zero-order chi connectivity index (χ0) is 16.5. The summed E-state index contributed by atoms with van der Waals surface area (Å²) in [6.07, 6.45) is 1.97. The summed E-state index contributed by atoms with van der Waals surface area (Å²) in [5.74, 6) is -0.123. The predicted octanol–water partition coefficient (Wildman–Crippen LogP) is 3.06. The fourth-order valence-electron chi connectivity index (χ4n) is 3.05. The number of fused-ring (bicyclic) bond motifs is 1. The Morgan fingerprint density at radius 1 is 1.04 bits per heavy atom. The highest BCUT2D eigenvalue weighted by molar-refractivity contribution is 8.18. The Balaban J connectivity index is 1.59. The van der Waals surface area contributed by atoms with Crippen molar-refractivity contribution >= 4 is 39.7 Å². The molecule has 2 aromatic carbocycles. The highest BCUT2D eigenvalue weighted by atomic mass is 32.2. The van der Waals surface area contributed by atoms with Crippen LogP contribution in [0.1, 0.15) is 5.56 Å². The van der Waals surface area contributed by atoms with Crippen LogP contribution in [0.2, 0.25) is 0 Å². The number of carbonyl (C=O) groups is 1. The highest BCUT2D eigenvalue weighted by Gasteiger charge is 2.27. The molecule has 0 spiro atoms. The Labute approximate surface area is 145 Å². The summed E-state index contributed by atoms with van der Waals surface area (Å²) in [6.45, 7) is 3.88. The van der Waals surface area contributed by atoms with Crippen LogP contribution in [0.3, 0.4) is 0 Å². The van der Waals surface area contributed by atoms with Crippen molar-refractivity contribution in [3.8, 4) is 0 Å². The van der Waals surface area contributed by atoms with Crippen LogP contribution in [0.25, 0.3) is 16.8 Å². The minimum atomic E-state index is -0.123. The Morgan fingerprint density at radius 3 is 2.62 bits per heavy atom. The molecular formula is C19H19N3OS. The molecule has 1 saturated heterocycles. The van der Waals surface area contributed by atoms with E-state index in [1.165, 1.54) is 17.1 Å². The number of hydrogen-bond donors (Lipinski definition) is 0. The largest absolute Gasteiger partial charge is 0.348 e. The molecule has 0 bridgehead atoms. The van der Waals surface area contributed by atoms with Gasteiger partial charge in [0, 0.05) is 26.2 Å². The summed E-state index contributed by atoms with van der Waals surface area (Å²) in [5, 5.41) is 3.19. The normalized spacial score (nSPS) is 20.9. The first-order valence-corrected chi connectivity index (χ1v) is 8.96. The Kier molecular flexibility index (Phi) is 4.12. The molecule has 1 fully saturated rings. The first-order valence-electron chi connectivity index (χ1n) is 8.14. The molecule has 122 valence electrons. The lowest BCUT2D eigenvalue weighted by Crippen LogP contribution is -2.46. The number of piperazine rings is 1. The van der Waals surface area contributed by atoms with Gasteiger partial charge < -0.3 is 9.80 Å². The Bertz CT molecular complexity index is 845. The first-order chi connectivity index (χ1) is 11.7. The average molecular weight is 337 g/mol. The fourth-order valence-corrected chi connectivity index (χ4v) is 4.00. The van der Waals surface area contributed by atoms with Crippen molar-refractivity contribution in [2.45, 2.75) is 0 Å². The minimum absolute atomic E-state index is 0.123. The third-order valence-electron chi connectivity index (χ3n) is 4.49. The molecule has 4 rings (SSSR count). The molecule has 5 heteroatoms. The maximum Gasteiger partial charge on any atom is 0.286 e. The number of benzene rings is 2. The van der Waals surface area contributed by atoms with Gasteiger partial charge in [0.2, 0.25) is 0 Å². The molecule has 2 aliphatic heterocycles. The second kappa shape index (κ2) is 6.42. The summed E-state index contributed by atoms with van der Waals surface area (Å²) in [5.41, 5.74) is 1.07. The molecule has 24 heavy (non-hydrogen) atoms. The van der Waals surface area contributed by atoms with Crippen LogP contribution in [0.5, 0.6) is 0 Å². The van der Waals surface area contributed by atoms with Crippen molar-refractivity contribution in [3.05, 3.63) is 52.9 Å². The summed E-state index contributed by atoms with van der Waals surface area (Å²) in [6, 6.07) is 14.4. The van der Waals surface area contributed by atoms with E-state index < -0.39 is 0 Å². The van der Waals surface area contributed by atoms with Crippen LogP contribution in [0, 0.1) is 0 Å². The fraction of sp³-hybridized carbons (Fsp3) is 0.263. The van der Waals surface area contributed by atoms with Crippen LogP contribution in [0.4, 0.5) is 0 Å². The van der Waals surface area contributed by atoms with E-state index in [9.17, 15) is 4.79 Å². The summed E-state index contributed by atoms with van der Waals surface area (Å²) < 4.78 is 0. The van der Waals surface area contributed by atoms with Crippen molar-refractivity contribution < 1.29 is 4.79 Å². The minimum Gasteiger partial charge on any atom is -0.348 e. The van der Waals surface area contributed by atoms with Gasteiger partial charge in [-0.2, -0.15) is 4.99 Å². The van der Waals surface area contributed by atoms with Gasteiger partial charge in [0.1, 0.15) is 0 Å². The van der Waals surface area contributed by atoms with Crippen molar-refractivity contribution in [2.24, 2.45) is 4.99 Å². The maximum atomic E-state index is 12.3. The number of rotatable bonds is 1. The lowest BCUT2D eigenvalue weighted by Gasteiger charge is -2.32. The number of likely N-dealkylation sites (N-methyl/N-ethyl adjacent to an activating group) is 1. The van der Waals surface area contributed by atoms with E-state index in [1.54, 1.807) is 0 Å². The van der Waals surface area contributed by atoms with E-state index in [1.807, 2.05) is 24.3 Å². The summed E-state index contributed by atoms with van der Waals surface area (Å²) in [7, 11) is 2.12. The van der Waals surface area contributed by atoms with Crippen LogP contribution in [-0.4, -0.2) is 54.1 Å². The van der Waals surface area contributed by atoms with Crippen molar-refractivity contribution in [1.82, 2.24) is 9.80 Å². The van der Waals surface area contributed by atoms with Gasteiger partial charge in [0.25, 0.3) is 5.91 Å². The van der Waals surface area contributed by atoms with Gasteiger partial charge in [-0.3, -0.25) is 4.79 Å². The van der Waals surface area contributed by atoms with Gasteiger partial charge >= 0.3 is 0 Å². The number of amides is 1. The molecule has 0 aromatic heterocycles. The van der Waals surface area contributed by atoms with Crippen LogP contribution >= 0.6 is 11.8 Å². The molecule has 0 radical (unpaired) electrons. The molecule has 2 heterocycles. The quantitative estimate of drug-likeness (QED) is 0.750. The molecule has 0 atom stereocenters. The number of carbonyl (C=O) groups excluding carboxylic acids is 1. The standard InChI is InChI=1S/C19H19N3OS/c1-21-9-11-22(12-10-21)19-20-18(23)17(24-19)13-15-7-4-6-14-5-2-3-8-16(14)15/h2-8,13H,9-12H2,1H3/b17-13+. The second-order valence-corrected chi connectivity index (χ2v) is 7.18. The molecule has 1 amide bonds. The lowest BCUT2D eigenvalue weighted by molar-refractivity contribution is -0.113. The van der Waals surface area contributed by atoms with Gasteiger partial charge in [-0.25, -0.2) is 0 Å². The molecule has 2 aromatic rings. The number of amidine groups is 1. The zero-order valence-electron chi connectivity index (χ0n) is 13.6. The highest BCUT2D eigenvalue weighted by Crippen LogP contribution is 2.32. The molecule has 2 aliphatic rings. The number of aliphatic imine (C=N–C) groups is 1. The summed E-state index contributed by atoms with van der Waals surface area (Å²) >= 11 is 1.50. The Hall–Kier alpha value is -2.11. The van der Waals surface area contributed by atoms with Gasteiger partial charge in [0.05, 0.1) is 4.91 Å². The van der Waals surface area contributed by atoms with Gasteiger partial charge in [-0.1, -0.05) is 42.5 Å². The number of nitrogens with zero attached hydrogens (tertiary/aromatic N) is 3. The summed E-state index contributed by atoms with van der Waals surface area (Å²) in [4.78, 5) is 21.8. The van der Waals surface area contributed by atoms with E-state index >= 15 is 0 Å². The van der Waals surface area contributed by atoms with Crippen LogP contribution in [0.15, 0.2) is 52.4 Å². The van der Waals surface area contributed by atoms with Crippen LogP contribution < -0.4 is 0 Å². The van der Waals surface area contributed by atoms with Gasteiger partial charge in [-0.05, 0) is 41.2 Å². The SMILES string of the molecule is CN1CCN(C2=NC(=O)/C(=C\c3cccc4ccccc34)S2)CC1. The second-order valence-electron chi connectivity index (χ2n) is 6.17. The molecule has 0 unspecified atom stereocenters. The molecule has 4 nitrogen and oxygen atoms in total. The number of hydrogen-bond acceptors (Lipinski definition) is 4. The molecular weight excluding hydrogens is 318 g/mol. The van der Waals surface area contributed by atoms with Crippen molar-refractivity contribution in [2.75, 3.05) is 33.2 Å². The monoisotopic (exact) mass is 337 g/mol. The number of thioether (sulfide) groups is 1. The zero-order valence-corrected chi connectivity index (χ0v) is 14.4. The van der Waals surface area contributed by atoms with E-state index in [4.69, 9.17) is 0 Å². The van der Waals surface area contributed by atoms with Crippen LogP contribution in [-0.2, 0) is 4.79 Å². The van der Waals surface area contributed by atoms with E-state index in [-0.39, 0.29) is 5.91 Å². The lowest BCUT2D eigenvalue weighted by atomic mass is 10.0. The average Bonchev–Trinajstić information content (AvgIpc) is 2.97. The maximum absolute atomic E-state index is 12.3. The molecule has 0 N–H and O–H groups in total. The first kappa shape index (κ1) is 15.4. The van der Waals surface area contributed by atoms with Gasteiger partial charge in [0.15, 0.2) is 5.17 Å².